The Labute approximate surface area is 672 Å². The van der Waals surface area contributed by atoms with Crippen LogP contribution < -0.4 is 0 Å². The van der Waals surface area contributed by atoms with Crippen LogP contribution in [0.15, 0.2) is 0 Å². The predicted molar refractivity (Wildman–Crippen MR) is 466 cm³/mol. The first-order chi connectivity index (χ1) is 49.4. The fraction of sp³-hybridized carbons (Fsp3) is 0.938. The zero-order chi connectivity index (χ0) is 84.5. The van der Waals surface area contributed by atoms with E-state index in [0.717, 1.165) is 82.0 Å². The molecule has 12 heteroatoms. The summed E-state index contributed by atoms with van der Waals surface area (Å²) in [6.45, 7) is 78.2. The molecule has 6 aliphatic carbocycles. The summed E-state index contributed by atoms with van der Waals surface area (Å²) >= 11 is 0. The van der Waals surface area contributed by atoms with E-state index in [2.05, 4.69) is 252 Å². The highest BCUT2D eigenvalue weighted by Crippen LogP contribution is 2.52. The second-order valence-corrected chi connectivity index (χ2v) is 41.8. The molecule has 6 fully saturated rings. The lowest BCUT2D eigenvalue weighted by Gasteiger charge is -2.57. The standard InChI is InChI=1S/2C17H33NO.2C16H31NO.2C15H29NO/c1-12(2)15-8-10-17(11-9-15,16(19)13(3)4)18(7)14(5)6;1-12(2)15-9-8-10-17(11-15,16(19)13(3)4)18(7)14(5)6;1-11(2)14-8-9-16(10-14,15(18)12(3)4)17(7)13(5)6;1-11(2)14-9-8-10-16(14,15(18)12(3)4)17(7)13(5)6;1-10(2)13-8-15(9-13,14(17)11(3)4)16(7)12(5)6;1-10(2)13-8-9-15(13,14(17)11(3)4)16(7)12(5)6/h2*12-15H,8-11H2,1-7H3;2*11-14H,8-10H2,1-7H3;2*10-13H,8-9H2,1-7H3. The number of ketones is 6. The van der Waals surface area contributed by atoms with Gasteiger partial charge in [-0.2, -0.15) is 0 Å². The van der Waals surface area contributed by atoms with Gasteiger partial charge in [0.15, 0.2) is 34.7 Å². The molecule has 636 valence electrons. The predicted octanol–water partition coefficient (Wildman–Crippen LogP) is 22.5. The number of carbonyl (C=O) groups excluding carboxylic acids is 6. The van der Waals surface area contributed by atoms with Crippen molar-refractivity contribution in [1.82, 2.24) is 29.4 Å². The summed E-state index contributed by atoms with van der Waals surface area (Å²) in [6, 6.07) is 2.57. The van der Waals surface area contributed by atoms with Crippen LogP contribution in [0.3, 0.4) is 0 Å². The van der Waals surface area contributed by atoms with Gasteiger partial charge >= 0.3 is 0 Å². The number of rotatable bonds is 30. The van der Waals surface area contributed by atoms with Crippen molar-refractivity contribution in [2.24, 2.45) is 107 Å². The second kappa shape index (κ2) is 44.2. The molecule has 6 rings (SSSR count). The molecule has 0 heterocycles. The number of carbonyl (C=O) groups is 6. The highest BCUT2D eigenvalue weighted by atomic mass is 16.2. The Morgan fingerprint density at radius 2 is 0.463 bits per heavy atom. The Hall–Kier alpha value is -2.22. The third-order valence-corrected chi connectivity index (χ3v) is 29.3. The maximum absolute atomic E-state index is 12.9. The minimum atomic E-state index is -0.213. The van der Waals surface area contributed by atoms with Crippen LogP contribution in [0.1, 0.15) is 365 Å². The van der Waals surface area contributed by atoms with Gasteiger partial charge in [0.25, 0.3) is 0 Å². The van der Waals surface area contributed by atoms with Gasteiger partial charge in [0.1, 0.15) is 0 Å². The van der Waals surface area contributed by atoms with Crippen molar-refractivity contribution in [2.75, 3.05) is 42.3 Å². The van der Waals surface area contributed by atoms with Gasteiger partial charge in [0.2, 0.25) is 0 Å². The largest absolute Gasteiger partial charge is 0.297 e. The molecule has 0 aromatic carbocycles. The van der Waals surface area contributed by atoms with Crippen molar-refractivity contribution in [3.63, 3.8) is 0 Å². The van der Waals surface area contributed by atoms with E-state index in [4.69, 9.17) is 0 Å². The van der Waals surface area contributed by atoms with Crippen LogP contribution in [0, 0.1) is 107 Å². The molecule has 0 spiro atoms. The topological polar surface area (TPSA) is 122 Å². The van der Waals surface area contributed by atoms with E-state index in [1.165, 1.54) is 51.4 Å². The third kappa shape index (κ3) is 24.4. The lowest BCUT2D eigenvalue weighted by Crippen LogP contribution is -2.67. The quantitative estimate of drug-likeness (QED) is 0.0680. The highest BCUT2D eigenvalue weighted by molar-refractivity contribution is 5.93. The number of hydrogen-bond acceptors (Lipinski definition) is 12. The Morgan fingerprint density at radius 3 is 0.750 bits per heavy atom. The average Bonchev–Trinajstić information content (AvgIpc) is 0.940. The molecule has 8 unspecified atom stereocenters. The smallest absolute Gasteiger partial charge is 0.155 e. The van der Waals surface area contributed by atoms with E-state index in [-0.39, 0.29) is 68.7 Å². The number of hydrogen-bond donors (Lipinski definition) is 0. The van der Waals surface area contributed by atoms with Crippen molar-refractivity contribution in [3.8, 4) is 0 Å². The molecule has 0 aromatic rings. The van der Waals surface area contributed by atoms with Crippen molar-refractivity contribution in [1.29, 1.82) is 0 Å². The molecule has 108 heavy (non-hydrogen) atoms. The molecule has 0 amide bonds. The molecule has 0 aromatic heterocycles. The first kappa shape index (κ1) is 104. The Balaban J connectivity index is 0.000000648. The van der Waals surface area contributed by atoms with Crippen LogP contribution >= 0.6 is 0 Å². The van der Waals surface area contributed by atoms with Crippen LogP contribution in [0.5, 0.6) is 0 Å². The molecule has 0 N–H and O–H groups in total. The first-order valence-electron chi connectivity index (χ1n) is 45.0. The minimum absolute atomic E-state index is 0.130. The lowest BCUT2D eigenvalue weighted by atomic mass is 9.57. The molecule has 12 nitrogen and oxygen atoms in total. The minimum Gasteiger partial charge on any atom is -0.297 e. The number of likely N-dealkylation sites (N-methyl/N-ethyl adjacent to an activating group) is 6. The van der Waals surface area contributed by atoms with E-state index in [1.807, 2.05) is 69.2 Å². The normalized spacial score (nSPS) is 28.9. The van der Waals surface area contributed by atoms with Gasteiger partial charge in [-0.25, -0.2) is 0 Å². The van der Waals surface area contributed by atoms with Gasteiger partial charge in [0, 0.05) is 71.8 Å². The van der Waals surface area contributed by atoms with Gasteiger partial charge in [0.05, 0.1) is 33.2 Å². The molecule has 0 saturated heterocycles. The Bertz CT molecular complexity index is 2670. The van der Waals surface area contributed by atoms with Gasteiger partial charge < -0.3 is 0 Å². The molecular formula is C96H186N6O6. The highest BCUT2D eigenvalue weighted by Gasteiger charge is 2.59. The van der Waals surface area contributed by atoms with E-state index in [0.29, 0.717) is 124 Å². The average molecular weight is 1520 g/mol. The third-order valence-electron chi connectivity index (χ3n) is 29.3. The summed E-state index contributed by atoms with van der Waals surface area (Å²) in [5, 5.41) is 0. The van der Waals surface area contributed by atoms with Crippen LogP contribution in [0.4, 0.5) is 0 Å². The zero-order valence-electron chi connectivity index (χ0n) is 79.7. The fourth-order valence-corrected chi connectivity index (χ4v) is 20.7. The summed E-state index contributed by atoms with van der Waals surface area (Å²) in [7, 11) is 12.8. The van der Waals surface area contributed by atoms with Gasteiger partial charge in [-0.1, -0.05) is 185 Å². The van der Waals surface area contributed by atoms with E-state index < -0.39 is 0 Å². The summed E-state index contributed by atoms with van der Waals surface area (Å²) in [4.78, 5) is 90.5. The fourth-order valence-electron chi connectivity index (χ4n) is 20.7. The Kier molecular flexibility index (Phi) is 42.5. The van der Waals surface area contributed by atoms with Crippen molar-refractivity contribution >= 4 is 34.7 Å². The summed E-state index contributed by atoms with van der Waals surface area (Å²) in [5.74, 6) is 11.4. The second-order valence-electron chi connectivity index (χ2n) is 41.8. The number of Topliss-reactive ketones (excluding diaryl/α,β-unsaturated/α-hetero) is 6. The maximum Gasteiger partial charge on any atom is 0.155 e. The molecule has 0 radical (unpaired) electrons. The van der Waals surface area contributed by atoms with Crippen LogP contribution in [0.25, 0.3) is 0 Å². The van der Waals surface area contributed by atoms with E-state index >= 15 is 0 Å². The molecule has 0 bridgehead atoms. The maximum atomic E-state index is 12.9. The Morgan fingerprint density at radius 1 is 0.222 bits per heavy atom. The van der Waals surface area contributed by atoms with Crippen LogP contribution in [-0.4, -0.2) is 176 Å². The van der Waals surface area contributed by atoms with Crippen LogP contribution in [-0.2, 0) is 28.8 Å². The van der Waals surface area contributed by atoms with Crippen molar-refractivity contribution < 1.29 is 28.8 Å². The molecule has 6 saturated carbocycles. The molecule has 8 atom stereocenters. The summed E-state index contributed by atoms with van der Waals surface area (Å²) in [6.07, 6.45) is 20.1. The van der Waals surface area contributed by atoms with Crippen molar-refractivity contribution in [2.45, 2.75) is 434 Å². The molecular weight excluding hydrogens is 1330 g/mol. The molecule has 6 aliphatic rings. The lowest BCUT2D eigenvalue weighted by molar-refractivity contribution is -0.152. The zero-order valence-corrected chi connectivity index (χ0v) is 79.7. The van der Waals surface area contributed by atoms with Gasteiger partial charge in [-0.3, -0.25) is 58.2 Å². The number of nitrogens with zero attached hydrogens (tertiary/aromatic N) is 6. The van der Waals surface area contributed by atoms with Gasteiger partial charge in [-0.15, -0.1) is 0 Å². The van der Waals surface area contributed by atoms with Crippen molar-refractivity contribution in [3.05, 3.63) is 0 Å². The summed E-state index contributed by atoms with van der Waals surface area (Å²) in [5.41, 5.74) is -1.18. The molecule has 0 aliphatic heterocycles. The van der Waals surface area contributed by atoms with Crippen LogP contribution in [0.2, 0.25) is 0 Å². The van der Waals surface area contributed by atoms with Gasteiger partial charge in [-0.05, 0) is 293 Å². The van der Waals surface area contributed by atoms with E-state index in [1.54, 1.807) is 0 Å². The summed E-state index contributed by atoms with van der Waals surface area (Å²) < 4.78 is 0. The van der Waals surface area contributed by atoms with E-state index in [9.17, 15) is 28.8 Å². The monoisotopic (exact) mass is 1520 g/mol. The first-order valence-corrected chi connectivity index (χ1v) is 45.0. The SMILES string of the molecule is CC(C)C(=O)C1(N(C)C(C)C)CC(C(C)C)C1.CC(C)C(=O)C1(N(C)C(C)C)CCC(C(C)C)C1.CC(C)C(=O)C1(N(C)C(C)C)CCC(C(C)C)CC1.CC(C)C(=O)C1(N(C)C(C)C)CCC1C(C)C.CC(C)C(=O)C1(N(C)C(C)C)CCCC(C(C)C)C1.CC(C)C(=O)C1(N(C)C(C)C)CCCC1C(C)C.